The first-order chi connectivity index (χ1) is 7.01. The summed E-state index contributed by atoms with van der Waals surface area (Å²) in [6.45, 7) is 0. The van der Waals surface area contributed by atoms with Crippen LogP contribution in [0.1, 0.15) is 24.8 Å². The molecule has 1 aromatic rings. The fraction of sp³-hybridized carbons (Fsp3) is 0.455. The van der Waals surface area contributed by atoms with Gasteiger partial charge < -0.3 is 10.8 Å². The van der Waals surface area contributed by atoms with E-state index in [-0.39, 0.29) is 11.9 Å². The van der Waals surface area contributed by atoms with E-state index in [9.17, 15) is 9.50 Å². The van der Waals surface area contributed by atoms with Gasteiger partial charge in [-0.1, -0.05) is 11.6 Å². The van der Waals surface area contributed by atoms with Crippen LogP contribution in [0.4, 0.5) is 4.39 Å². The molecule has 1 aliphatic carbocycles. The molecule has 2 atom stereocenters. The Morgan fingerprint density at radius 1 is 1.53 bits per heavy atom. The van der Waals surface area contributed by atoms with Crippen molar-refractivity contribution in [2.75, 3.05) is 0 Å². The predicted octanol–water partition coefficient (Wildman–Crippen LogP) is 2.18. The summed E-state index contributed by atoms with van der Waals surface area (Å²) in [4.78, 5) is 0. The number of halogens is 2. The zero-order valence-corrected chi connectivity index (χ0v) is 8.97. The second-order valence-corrected chi connectivity index (χ2v) is 4.57. The molecule has 0 spiro atoms. The van der Waals surface area contributed by atoms with Gasteiger partial charge in [-0.25, -0.2) is 4.39 Å². The van der Waals surface area contributed by atoms with Crippen molar-refractivity contribution in [3.8, 4) is 0 Å². The third kappa shape index (κ3) is 2.00. The van der Waals surface area contributed by atoms with Crippen LogP contribution in [-0.2, 0) is 5.60 Å². The molecular formula is C11H13ClFNO. The molecule has 82 valence electrons. The number of aliphatic hydroxyl groups is 1. The summed E-state index contributed by atoms with van der Waals surface area (Å²) in [5.74, 6) is -0.386. The van der Waals surface area contributed by atoms with E-state index >= 15 is 0 Å². The van der Waals surface area contributed by atoms with Gasteiger partial charge >= 0.3 is 0 Å². The highest BCUT2D eigenvalue weighted by molar-refractivity contribution is 6.31. The summed E-state index contributed by atoms with van der Waals surface area (Å²) in [6, 6.07) is 4.01. The smallest absolute Gasteiger partial charge is 0.123 e. The molecule has 1 saturated carbocycles. The minimum Gasteiger partial charge on any atom is -0.385 e. The Hall–Kier alpha value is -0.640. The summed E-state index contributed by atoms with van der Waals surface area (Å²) >= 11 is 5.95. The van der Waals surface area contributed by atoms with Crippen LogP contribution in [0, 0.1) is 5.82 Å². The standard InChI is InChI=1S/C11H13ClFNO/c12-10-2-1-7(13)5-9(10)11(15)4-3-8(14)6-11/h1-2,5,8,15H,3-4,6,14H2. The van der Waals surface area contributed by atoms with Gasteiger partial charge in [0.1, 0.15) is 5.82 Å². The molecular weight excluding hydrogens is 217 g/mol. The maximum absolute atomic E-state index is 13.1. The van der Waals surface area contributed by atoms with Gasteiger partial charge in [0.15, 0.2) is 0 Å². The van der Waals surface area contributed by atoms with E-state index in [2.05, 4.69) is 0 Å². The van der Waals surface area contributed by atoms with E-state index in [1.807, 2.05) is 0 Å². The normalized spacial score (nSPS) is 30.8. The summed E-state index contributed by atoms with van der Waals surface area (Å²) in [5.41, 5.74) is 5.14. The van der Waals surface area contributed by atoms with E-state index in [1.54, 1.807) is 0 Å². The highest BCUT2D eigenvalue weighted by Crippen LogP contribution is 2.41. The molecule has 0 bridgehead atoms. The summed E-state index contributed by atoms with van der Waals surface area (Å²) in [7, 11) is 0. The van der Waals surface area contributed by atoms with Crippen LogP contribution in [0.5, 0.6) is 0 Å². The molecule has 0 heterocycles. The molecule has 15 heavy (non-hydrogen) atoms. The molecule has 1 aliphatic rings. The van der Waals surface area contributed by atoms with Gasteiger partial charge in [0, 0.05) is 16.6 Å². The SMILES string of the molecule is NC1CCC(O)(c2cc(F)ccc2Cl)C1. The van der Waals surface area contributed by atoms with Crippen LogP contribution in [0.2, 0.25) is 5.02 Å². The minimum absolute atomic E-state index is 0.0330. The largest absolute Gasteiger partial charge is 0.385 e. The number of hydrogen-bond acceptors (Lipinski definition) is 2. The number of rotatable bonds is 1. The minimum atomic E-state index is -1.06. The van der Waals surface area contributed by atoms with Crippen molar-refractivity contribution in [3.63, 3.8) is 0 Å². The van der Waals surface area contributed by atoms with Crippen LogP contribution in [0.15, 0.2) is 18.2 Å². The van der Waals surface area contributed by atoms with Crippen LogP contribution in [-0.4, -0.2) is 11.1 Å². The van der Waals surface area contributed by atoms with Crippen molar-refractivity contribution in [1.29, 1.82) is 0 Å². The average molecular weight is 230 g/mol. The Bertz CT molecular complexity index is 385. The second-order valence-electron chi connectivity index (χ2n) is 4.16. The molecule has 2 nitrogen and oxygen atoms in total. The maximum Gasteiger partial charge on any atom is 0.123 e. The Labute approximate surface area is 92.9 Å². The van der Waals surface area contributed by atoms with Crippen LogP contribution in [0.3, 0.4) is 0 Å². The third-order valence-electron chi connectivity index (χ3n) is 2.96. The van der Waals surface area contributed by atoms with Crippen LogP contribution < -0.4 is 5.73 Å². The molecule has 1 fully saturated rings. The van der Waals surface area contributed by atoms with Crippen molar-refractivity contribution in [3.05, 3.63) is 34.6 Å². The summed E-state index contributed by atoms with van der Waals surface area (Å²) < 4.78 is 13.1. The van der Waals surface area contributed by atoms with Crippen LogP contribution >= 0.6 is 11.6 Å². The van der Waals surface area contributed by atoms with Crippen molar-refractivity contribution >= 4 is 11.6 Å². The number of benzene rings is 1. The first-order valence-electron chi connectivity index (χ1n) is 4.95. The van der Waals surface area contributed by atoms with E-state index in [4.69, 9.17) is 17.3 Å². The third-order valence-corrected chi connectivity index (χ3v) is 3.29. The van der Waals surface area contributed by atoms with Crippen molar-refractivity contribution in [2.45, 2.75) is 30.9 Å². The topological polar surface area (TPSA) is 46.2 Å². The highest BCUT2D eigenvalue weighted by Gasteiger charge is 2.38. The van der Waals surface area contributed by atoms with E-state index in [0.29, 0.717) is 23.4 Å². The molecule has 0 saturated heterocycles. The van der Waals surface area contributed by atoms with Gasteiger partial charge in [-0.15, -0.1) is 0 Å². The van der Waals surface area contributed by atoms with Crippen molar-refractivity contribution in [2.24, 2.45) is 5.73 Å². The molecule has 0 amide bonds. The van der Waals surface area contributed by atoms with E-state index in [0.717, 1.165) is 6.42 Å². The molecule has 0 aromatic heterocycles. The van der Waals surface area contributed by atoms with Gasteiger partial charge in [0.25, 0.3) is 0 Å². The predicted molar refractivity (Wildman–Crippen MR) is 57.1 cm³/mol. The zero-order valence-electron chi connectivity index (χ0n) is 8.21. The first-order valence-corrected chi connectivity index (χ1v) is 5.32. The molecule has 2 unspecified atom stereocenters. The maximum atomic E-state index is 13.1. The lowest BCUT2D eigenvalue weighted by atomic mass is 9.92. The van der Waals surface area contributed by atoms with Gasteiger partial charge in [-0.2, -0.15) is 0 Å². The first kappa shape index (κ1) is 10.9. The van der Waals surface area contributed by atoms with Gasteiger partial charge in [-0.05, 0) is 37.5 Å². The van der Waals surface area contributed by atoms with Crippen molar-refractivity contribution < 1.29 is 9.50 Å². The molecule has 0 aliphatic heterocycles. The summed E-state index contributed by atoms with van der Waals surface area (Å²) in [6.07, 6.45) is 1.72. The second kappa shape index (κ2) is 3.74. The Kier molecular flexibility index (Phi) is 2.71. The summed E-state index contributed by atoms with van der Waals surface area (Å²) in [5, 5.41) is 10.7. The molecule has 4 heteroatoms. The molecule has 1 aromatic carbocycles. The average Bonchev–Trinajstić information content (AvgIpc) is 2.52. The zero-order chi connectivity index (χ0) is 11.1. The number of hydrogen-bond donors (Lipinski definition) is 2. The Morgan fingerprint density at radius 2 is 2.27 bits per heavy atom. The monoisotopic (exact) mass is 229 g/mol. The lowest BCUT2D eigenvalue weighted by Crippen LogP contribution is -2.25. The highest BCUT2D eigenvalue weighted by atomic mass is 35.5. The van der Waals surface area contributed by atoms with Gasteiger partial charge in [0.2, 0.25) is 0 Å². The fourth-order valence-electron chi connectivity index (χ4n) is 2.16. The molecule has 0 radical (unpaired) electrons. The lowest BCUT2D eigenvalue weighted by molar-refractivity contribution is 0.0429. The van der Waals surface area contributed by atoms with Gasteiger partial charge in [0.05, 0.1) is 5.60 Å². The van der Waals surface area contributed by atoms with E-state index in [1.165, 1.54) is 18.2 Å². The quantitative estimate of drug-likeness (QED) is 0.776. The van der Waals surface area contributed by atoms with Gasteiger partial charge in [-0.3, -0.25) is 0 Å². The van der Waals surface area contributed by atoms with Crippen LogP contribution in [0.25, 0.3) is 0 Å². The molecule has 2 rings (SSSR count). The molecule has 3 N–H and O–H groups in total. The van der Waals surface area contributed by atoms with Crippen molar-refractivity contribution in [1.82, 2.24) is 0 Å². The van der Waals surface area contributed by atoms with E-state index < -0.39 is 5.60 Å². The fourth-order valence-corrected chi connectivity index (χ4v) is 2.45. The Balaban J connectivity index is 2.40. The lowest BCUT2D eigenvalue weighted by Gasteiger charge is -2.24. The number of nitrogens with two attached hydrogens (primary N) is 1. The Morgan fingerprint density at radius 3 is 2.87 bits per heavy atom.